The van der Waals surface area contributed by atoms with Crippen molar-refractivity contribution < 1.29 is 13.2 Å². The van der Waals surface area contributed by atoms with E-state index in [2.05, 4.69) is 21.2 Å². The number of hydrogen-bond donors (Lipinski definition) is 1. The first kappa shape index (κ1) is 18.5. The number of nitrogens with one attached hydrogen (secondary N) is 1. The van der Waals surface area contributed by atoms with Gasteiger partial charge in [-0.2, -0.15) is 13.2 Å². The number of nitrogens with zero attached hydrogens (tertiary/aromatic N) is 1. The molecule has 0 aromatic heterocycles. The molecule has 0 bridgehead atoms. The van der Waals surface area contributed by atoms with Crippen LogP contribution in [0.5, 0.6) is 0 Å². The molecule has 0 amide bonds. The van der Waals surface area contributed by atoms with E-state index < -0.39 is 11.7 Å². The van der Waals surface area contributed by atoms with Gasteiger partial charge in [-0.15, -0.1) is 11.8 Å². The SMILES string of the molecule is FC(F)(F)c1cccc(NC(=S)N2CCS[C@@H]2c2ccc(Br)cc2)c1. The van der Waals surface area contributed by atoms with Crippen LogP contribution in [0.1, 0.15) is 16.5 Å². The van der Waals surface area contributed by atoms with Crippen molar-refractivity contribution in [3.8, 4) is 0 Å². The first-order chi connectivity index (χ1) is 11.8. The van der Waals surface area contributed by atoms with E-state index in [1.54, 1.807) is 17.8 Å². The summed E-state index contributed by atoms with van der Waals surface area (Å²) in [5.74, 6) is 0.908. The van der Waals surface area contributed by atoms with Gasteiger partial charge in [-0.05, 0) is 48.1 Å². The maximum atomic E-state index is 12.8. The predicted octanol–water partition coefficient (Wildman–Crippen LogP) is 5.91. The molecule has 8 heteroatoms. The summed E-state index contributed by atoms with van der Waals surface area (Å²) in [6, 6.07) is 13.1. The Labute approximate surface area is 161 Å². The van der Waals surface area contributed by atoms with Gasteiger partial charge in [0.1, 0.15) is 5.37 Å². The standard InChI is InChI=1S/C17H14BrF3N2S2/c18-13-6-4-11(5-7-13)15-23(8-9-25-15)16(24)22-14-3-1-2-12(10-14)17(19,20)21/h1-7,10,15H,8-9H2,(H,22,24)/t15-/m1/s1. The van der Waals surface area contributed by atoms with Crippen molar-refractivity contribution in [3.63, 3.8) is 0 Å². The number of thioether (sulfide) groups is 1. The molecule has 25 heavy (non-hydrogen) atoms. The highest BCUT2D eigenvalue weighted by Crippen LogP contribution is 2.38. The molecule has 0 aliphatic carbocycles. The summed E-state index contributed by atoms with van der Waals surface area (Å²) in [6.45, 7) is 0.746. The summed E-state index contributed by atoms with van der Waals surface area (Å²) in [7, 11) is 0. The van der Waals surface area contributed by atoms with Crippen molar-refractivity contribution in [2.75, 3.05) is 17.6 Å². The largest absolute Gasteiger partial charge is 0.416 e. The fourth-order valence-corrected chi connectivity index (χ4v) is 4.46. The molecule has 0 saturated carbocycles. The number of rotatable bonds is 2. The molecule has 2 aromatic carbocycles. The third-order valence-electron chi connectivity index (χ3n) is 3.75. The van der Waals surface area contributed by atoms with E-state index in [0.717, 1.165) is 34.5 Å². The first-order valence-electron chi connectivity index (χ1n) is 7.46. The zero-order valence-electron chi connectivity index (χ0n) is 12.9. The molecule has 2 aromatic rings. The fourth-order valence-electron chi connectivity index (χ4n) is 2.55. The smallest absolute Gasteiger partial charge is 0.333 e. The van der Waals surface area contributed by atoms with Crippen LogP contribution in [-0.2, 0) is 6.18 Å². The zero-order valence-corrected chi connectivity index (χ0v) is 16.1. The molecule has 132 valence electrons. The second-order valence-electron chi connectivity index (χ2n) is 5.48. The van der Waals surface area contributed by atoms with Crippen LogP contribution >= 0.6 is 39.9 Å². The molecule has 1 N–H and O–H groups in total. The Morgan fingerprint density at radius 1 is 1.20 bits per heavy atom. The van der Waals surface area contributed by atoms with Gasteiger partial charge in [0, 0.05) is 22.5 Å². The molecule has 1 aliphatic heterocycles. The van der Waals surface area contributed by atoms with E-state index in [4.69, 9.17) is 12.2 Å². The van der Waals surface area contributed by atoms with E-state index >= 15 is 0 Å². The summed E-state index contributed by atoms with van der Waals surface area (Å²) in [4.78, 5) is 2.00. The minimum absolute atomic E-state index is 0.0545. The van der Waals surface area contributed by atoms with Crippen molar-refractivity contribution >= 4 is 50.7 Å². The van der Waals surface area contributed by atoms with Crippen LogP contribution in [0.15, 0.2) is 53.0 Å². The average molecular weight is 447 g/mol. The third-order valence-corrected chi connectivity index (χ3v) is 5.87. The quantitative estimate of drug-likeness (QED) is 0.576. The highest BCUT2D eigenvalue weighted by atomic mass is 79.9. The minimum atomic E-state index is -4.37. The molecule has 1 saturated heterocycles. The number of alkyl halides is 3. The van der Waals surface area contributed by atoms with Gasteiger partial charge < -0.3 is 10.2 Å². The maximum Gasteiger partial charge on any atom is 0.416 e. The predicted molar refractivity (Wildman–Crippen MR) is 104 cm³/mol. The minimum Gasteiger partial charge on any atom is -0.333 e. The number of halogens is 4. The highest BCUT2D eigenvalue weighted by Gasteiger charge is 2.31. The van der Waals surface area contributed by atoms with Gasteiger partial charge in [0.2, 0.25) is 0 Å². The average Bonchev–Trinajstić information content (AvgIpc) is 3.05. The molecular formula is C17H14BrF3N2S2. The Kier molecular flexibility index (Phi) is 5.60. The van der Waals surface area contributed by atoms with Crippen LogP contribution in [0.25, 0.3) is 0 Å². The number of thiocarbonyl (C=S) groups is 1. The van der Waals surface area contributed by atoms with E-state index in [1.165, 1.54) is 6.07 Å². The van der Waals surface area contributed by atoms with Crippen molar-refractivity contribution in [3.05, 3.63) is 64.1 Å². The van der Waals surface area contributed by atoms with Gasteiger partial charge in [-0.1, -0.05) is 34.1 Å². The van der Waals surface area contributed by atoms with Gasteiger partial charge in [0.15, 0.2) is 5.11 Å². The van der Waals surface area contributed by atoms with E-state index in [1.807, 2.05) is 29.2 Å². The number of hydrogen-bond acceptors (Lipinski definition) is 2. The Balaban J connectivity index is 1.75. The summed E-state index contributed by atoms with van der Waals surface area (Å²) < 4.78 is 39.5. The molecule has 1 atom stereocenters. The van der Waals surface area contributed by atoms with Crippen molar-refractivity contribution in [2.45, 2.75) is 11.6 Å². The lowest BCUT2D eigenvalue weighted by molar-refractivity contribution is -0.137. The number of benzene rings is 2. The molecule has 1 aliphatic rings. The van der Waals surface area contributed by atoms with E-state index in [-0.39, 0.29) is 5.37 Å². The zero-order chi connectivity index (χ0) is 18.0. The maximum absolute atomic E-state index is 12.8. The molecule has 0 radical (unpaired) electrons. The summed E-state index contributed by atoms with van der Waals surface area (Å²) >= 11 is 10.6. The van der Waals surface area contributed by atoms with Crippen molar-refractivity contribution in [2.24, 2.45) is 0 Å². The second-order valence-corrected chi connectivity index (χ2v) is 7.97. The van der Waals surface area contributed by atoms with Crippen LogP contribution in [0.4, 0.5) is 18.9 Å². The van der Waals surface area contributed by atoms with Crippen LogP contribution in [0.3, 0.4) is 0 Å². The topological polar surface area (TPSA) is 15.3 Å². The van der Waals surface area contributed by atoms with E-state index in [0.29, 0.717) is 10.8 Å². The van der Waals surface area contributed by atoms with Crippen molar-refractivity contribution in [1.82, 2.24) is 4.90 Å². The second kappa shape index (κ2) is 7.55. The van der Waals surface area contributed by atoms with Crippen LogP contribution in [-0.4, -0.2) is 22.3 Å². The Morgan fingerprint density at radius 3 is 2.60 bits per heavy atom. The van der Waals surface area contributed by atoms with E-state index in [9.17, 15) is 13.2 Å². The first-order valence-corrected chi connectivity index (χ1v) is 9.71. The van der Waals surface area contributed by atoms with Gasteiger partial charge in [0.05, 0.1) is 5.56 Å². The molecule has 1 fully saturated rings. The fraction of sp³-hybridized carbons (Fsp3) is 0.235. The monoisotopic (exact) mass is 446 g/mol. The Bertz CT molecular complexity index is 765. The lowest BCUT2D eigenvalue weighted by Crippen LogP contribution is -2.34. The molecule has 3 rings (SSSR count). The van der Waals surface area contributed by atoms with Gasteiger partial charge >= 0.3 is 6.18 Å². The molecular weight excluding hydrogens is 433 g/mol. The summed E-state index contributed by atoms with van der Waals surface area (Å²) in [6.07, 6.45) is -4.37. The van der Waals surface area contributed by atoms with Gasteiger partial charge in [0.25, 0.3) is 0 Å². The molecule has 2 nitrogen and oxygen atoms in total. The molecule has 1 heterocycles. The summed E-state index contributed by atoms with van der Waals surface area (Å²) in [5, 5.41) is 3.42. The Morgan fingerprint density at radius 2 is 1.92 bits per heavy atom. The molecule has 0 unspecified atom stereocenters. The lowest BCUT2D eigenvalue weighted by atomic mass is 10.2. The van der Waals surface area contributed by atoms with Crippen molar-refractivity contribution in [1.29, 1.82) is 0 Å². The Hall–Kier alpha value is -1.25. The highest BCUT2D eigenvalue weighted by molar-refractivity contribution is 9.10. The van der Waals surface area contributed by atoms with Gasteiger partial charge in [-0.25, -0.2) is 0 Å². The molecule has 0 spiro atoms. The van der Waals surface area contributed by atoms with Gasteiger partial charge in [-0.3, -0.25) is 0 Å². The van der Waals surface area contributed by atoms with Crippen LogP contribution in [0.2, 0.25) is 0 Å². The lowest BCUT2D eigenvalue weighted by Gasteiger charge is -2.27. The summed E-state index contributed by atoms with van der Waals surface area (Å²) in [5.41, 5.74) is 0.755. The normalized spacial score (nSPS) is 17.6. The van der Waals surface area contributed by atoms with Crippen LogP contribution in [0, 0.1) is 0 Å². The van der Waals surface area contributed by atoms with Crippen LogP contribution < -0.4 is 5.32 Å². The number of anilines is 1. The third kappa shape index (κ3) is 4.48.